The van der Waals surface area contributed by atoms with Crippen molar-refractivity contribution in [3.05, 3.63) is 51.7 Å². The Morgan fingerprint density at radius 2 is 2.22 bits per heavy atom. The maximum Gasteiger partial charge on any atom is 0.122 e. The number of benzene rings is 1. The van der Waals surface area contributed by atoms with Crippen LogP contribution in [0.1, 0.15) is 22.0 Å². The highest BCUT2D eigenvalue weighted by Crippen LogP contribution is 2.27. The second kappa shape index (κ2) is 6.00. The van der Waals surface area contributed by atoms with Crippen LogP contribution in [0.5, 0.6) is 5.75 Å². The van der Waals surface area contributed by atoms with Crippen LogP contribution in [0, 0.1) is 6.92 Å². The number of hydrogen-bond acceptors (Lipinski definition) is 4. The molecule has 1 aromatic heterocycles. The van der Waals surface area contributed by atoms with E-state index in [4.69, 9.17) is 10.6 Å². The van der Waals surface area contributed by atoms with Gasteiger partial charge < -0.3 is 4.74 Å². The van der Waals surface area contributed by atoms with Crippen molar-refractivity contribution in [1.29, 1.82) is 0 Å². The third-order valence-corrected chi connectivity index (χ3v) is 3.93. The van der Waals surface area contributed by atoms with E-state index in [2.05, 4.69) is 35.9 Å². The molecule has 0 amide bonds. The fourth-order valence-electron chi connectivity index (χ4n) is 2.02. The summed E-state index contributed by atoms with van der Waals surface area (Å²) in [5, 5.41) is 2.06. The first-order valence-electron chi connectivity index (χ1n) is 5.87. The van der Waals surface area contributed by atoms with E-state index in [1.807, 2.05) is 12.1 Å². The largest absolute Gasteiger partial charge is 0.496 e. The molecule has 0 radical (unpaired) electrons. The minimum atomic E-state index is 0.126. The summed E-state index contributed by atoms with van der Waals surface area (Å²) in [6.45, 7) is 2.08. The van der Waals surface area contributed by atoms with Gasteiger partial charge in [0.05, 0.1) is 13.2 Å². The highest BCUT2D eigenvalue weighted by molar-refractivity contribution is 7.10. The predicted molar refractivity (Wildman–Crippen MR) is 75.8 cm³/mol. The van der Waals surface area contributed by atoms with Crippen LogP contribution in [0.2, 0.25) is 0 Å². The normalized spacial score (nSPS) is 12.4. The maximum absolute atomic E-state index is 5.66. The van der Waals surface area contributed by atoms with Crippen molar-refractivity contribution in [2.45, 2.75) is 19.4 Å². The summed E-state index contributed by atoms with van der Waals surface area (Å²) in [5.41, 5.74) is 5.28. The number of hydrogen-bond donors (Lipinski definition) is 2. The summed E-state index contributed by atoms with van der Waals surface area (Å²) >= 11 is 1.71. The third-order valence-electron chi connectivity index (χ3n) is 2.95. The molecule has 1 aromatic carbocycles. The standard InChI is InChI=1S/C14H18N2OS/c1-10-5-6-13(17-2)11(8-10)9-12(16-15)14-4-3-7-18-14/h3-8,12,16H,9,15H2,1-2H3. The van der Waals surface area contributed by atoms with Gasteiger partial charge in [0.15, 0.2) is 0 Å². The van der Waals surface area contributed by atoms with Gasteiger partial charge in [-0.05, 0) is 36.4 Å². The maximum atomic E-state index is 5.66. The fraction of sp³-hybridized carbons (Fsp3) is 0.286. The summed E-state index contributed by atoms with van der Waals surface area (Å²) in [6, 6.07) is 10.5. The minimum absolute atomic E-state index is 0.126. The van der Waals surface area contributed by atoms with Crippen LogP contribution in [0.25, 0.3) is 0 Å². The third kappa shape index (κ3) is 2.90. The molecule has 0 aliphatic rings. The number of aryl methyl sites for hydroxylation is 1. The van der Waals surface area contributed by atoms with E-state index in [0.717, 1.165) is 12.2 Å². The summed E-state index contributed by atoms with van der Waals surface area (Å²) in [7, 11) is 1.70. The molecule has 0 aliphatic carbocycles. The van der Waals surface area contributed by atoms with Crippen LogP contribution in [0.15, 0.2) is 35.7 Å². The first kappa shape index (κ1) is 13.1. The molecule has 4 heteroatoms. The van der Waals surface area contributed by atoms with Crippen molar-refractivity contribution in [2.75, 3.05) is 7.11 Å². The molecule has 0 fully saturated rings. The molecule has 18 heavy (non-hydrogen) atoms. The quantitative estimate of drug-likeness (QED) is 0.643. The van der Waals surface area contributed by atoms with Crippen LogP contribution >= 0.6 is 11.3 Å². The van der Waals surface area contributed by atoms with Crippen LogP contribution in [0.3, 0.4) is 0 Å². The predicted octanol–water partition coefficient (Wildman–Crippen LogP) is 2.81. The molecule has 3 nitrogen and oxygen atoms in total. The second-order valence-corrected chi connectivity index (χ2v) is 5.23. The fourth-order valence-corrected chi connectivity index (χ4v) is 2.81. The minimum Gasteiger partial charge on any atom is -0.496 e. The smallest absolute Gasteiger partial charge is 0.122 e. The Morgan fingerprint density at radius 3 is 2.83 bits per heavy atom. The molecule has 1 heterocycles. The summed E-state index contributed by atoms with van der Waals surface area (Å²) in [4.78, 5) is 1.24. The molecule has 0 saturated heterocycles. The van der Waals surface area contributed by atoms with Crippen LogP contribution in [0.4, 0.5) is 0 Å². The number of hydrazine groups is 1. The van der Waals surface area contributed by atoms with Crippen molar-refractivity contribution >= 4 is 11.3 Å². The zero-order valence-corrected chi connectivity index (χ0v) is 11.5. The van der Waals surface area contributed by atoms with Gasteiger partial charge >= 0.3 is 0 Å². The molecule has 96 valence electrons. The molecule has 0 saturated carbocycles. The van der Waals surface area contributed by atoms with Crippen molar-refractivity contribution < 1.29 is 4.74 Å². The van der Waals surface area contributed by atoms with E-state index in [-0.39, 0.29) is 6.04 Å². The Balaban J connectivity index is 2.24. The van der Waals surface area contributed by atoms with Gasteiger partial charge in [0, 0.05) is 4.88 Å². The lowest BCUT2D eigenvalue weighted by molar-refractivity contribution is 0.406. The zero-order valence-electron chi connectivity index (χ0n) is 10.6. The second-order valence-electron chi connectivity index (χ2n) is 4.25. The number of nitrogens with one attached hydrogen (secondary N) is 1. The summed E-state index contributed by atoms with van der Waals surface area (Å²) in [5.74, 6) is 6.57. The van der Waals surface area contributed by atoms with Gasteiger partial charge in [-0.1, -0.05) is 23.8 Å². The Morgan fingerprint density at radius 1 is 1.39 bits per heavy atom. The number of thiophene rings is 1. The van der Waals surface area contributed by atoms with Crippen LogP contribution in [-0.2, 0) is 6.42 Å². The molecule has 1 atom stereocenters. The van der Waals surface area contributed by atoms with Crippen LogP contribution in [-0.4, -0.2) is 7.11 Å². The number of methoxy groups -OCH3 is 1. The lowest BCUT2D eigenvalue weighted by Crippen LogP contribution is -2.29. The van der Waals surface area contributed by atoms with E-state index in [0.29, 0.717) is 0 Å². The van der Waals surface area contributed by atoms with Gasteiger partial charge in [0.25, 0.3) is 0 Å². The summed E-state index contributed by atoms with van der Waals surface area (Å²) in [6.07, 6.45) is 0.821. The lowest BCUT2D eigenvalue weighted by atomic mass is 10.0. The highest BCUT2D eigenvalue weighted by atomic mass is 32.1. The van der Waals surface area contributed by atoms with E-state index < -0.39 is 0 Å². The van der Waals surface area contributed by atoms with Crippen LogP contribution < -0.4 is 16.0 Å². The lowest BCUT2D eigenvalue weighted by Gasteiger charge is -2.16. The van der Waals surface area contributed by atoms with E-state index in [1.165, 1.54) is 16.0 Å². The first-order valence-corrected chi connectivity index (χ1v) is 6.75. The molecule has 0 bridgehead atoms. The van der Waals surface area contributed by atoms with Crippen molar-refractivity contribution in [1.82, 2.24) is 5.43 Å². The molecule has 2 aromatic rings. The van der Waals surface area contributed by atoms with E-state index in [1.54, 1.807) is 18.4 Å². The molecule has 2 rings (SSSR count). The molecule has 3 N–H and O–H groups in total. The average Bonchev–Trinajstić information content (AvgIpc) is 2.90. The molecule has 0 spiro atoms. The Kier molecular flexibility index (Phi) is 4.36. The number of rotatable bonds is 5. The first-order chi connectivity index (χ1) is 8.74. The molecular weight excluding hydrogens is 244 g/mol. The van der Waals surface area contributed by atoms with Crippen molar-refractivity contribution in [3.8, 4) is 5.75 Å². The Bertz CT molecular complexity index is 497. The molecular formula is C14H18N2OS. The number of nitrogens with two attached hydrogens (primary N) is 1. The highest BCUT2D eigenvalue weighted by Gasteiger charge is 2.14. The Labute approximate surface area is 112 Å². The van der Waals surface area contributed by atoms with E-state index in [9.17, 15) is 0 Å². The van der Waals surface area contributed by atoms with Gasteiger partial charge in [0.2, 0.25) is 0 Å². The monoisotopic (exact) mass is 262 g/mol. The SMILES string of the molecule is COc1ccc(C)cc1CC(NN)c1cccs1. The molecule has 0 aliphatic heterocycles. The number of ether oxygens (including phenoxy) is 1. The summed E-state index contributed by atoms with van der Waals surface area (Å²) < 4.78 is 5.40. The van der Waals surface area contributed by atoms with Gasteiger partial charge in [-0.2, -0.15) is 0 Å². The molecule has 1 unspecified atom stereocenters. The topological polar surface area (TPSA) is 47.3 Å². The Hall–Kier alpha value is -1.36. The van der Waals surface area contributed by atoms with Crippen molar-refractivity contribution in [2.24, 2.45) is 5.84 Å². The average molecular weight is 262 g/mol. The van der Waals surface area contributed by atoms with Gasteiger partial charge in [-0.25, -0.2) is 0 Å². The van der Waals surface area contributed by atoms with Gasteiger partial charge in [-0.3, -0.25) is 11.3 Å². The van der Waals surface area contributed by atoms with E-state index >= 15 is 0 Å². The zero-order chi connectivity index (χ0) is 13.0. The van der Waals surface area contributed by atoms with Crippen molar-refractivity contribution in [3.63, 3.8) is 0 Å². The van der Waals surface area contributed by atoms with Gasteiger partial charge in [0.1, 0.15) is 5.75 Å². The van der Waals surface area contributed by atoms with Gasteiger partial charge in [-0.15, -0.1) is 11.3 Å².